The molecule has 23 heavy (non-hydrogen) atoms. The number of nitrogens with zero attached hydrogens (tertiary/aromatic N) is 1. The number of hydrogen-bond acceptors (Lipinski definition) is 5. The molecule has 1 heterocycles. The van der Waals surface area contributed by atoms with E-state index in [-0.39, 0.29) is 11.8 Å². The van der Waals surface area contributed by atoms with E-state index in [0.717, 1.165) is 6.42 Å². The summed E-state index contributed by atoms with van der Waals surface area (Å²) < 4.78 is 0. The van der Waals surface area contributed by atoms with E-state index < -0.39 is 30.0 Å². The first-order valence-corrected chi connectivity index (χ1v) is 9.27. The van der Waals surface area contributed by atoms with E-state index in [2.05, 4.69) is 5.32 Å². The standard InChI is InChI=1S/C15H27N3O4S/c1-9(2)12(16)14(20)18-7-4-5-11(18)13(19)17-10(15(21)22)6-8-23-3/h9-12H,4-8,16H2,1-3H3,(H,17,19)(H,21,22). The quantitative estimate of drug-likeness (QED) is 0.582. The summed E-state index contributed by atoms with van der Waals surface area (Å²) in [6, 6.07) is -2.19. The Morgan fingerprint density at radius 2 is 2.04 bits per heavy atom. The van der Waals surface area contributed by atoms with Gasteiger partial charge in [0.2, 0.25) is 11.8 Å². The van der Waals surface area contributed by atoms with E-state index in [1.165, 1.54) is 16.7 Å². The van der Waals surface area contributed by atoms with E-state index in [1.54, 1.807) is 0 Å². The van der Waals surface area contributed by atoms with Crippen molar-refractivity contribution in [3.05, 3.63) is 0 Å². The SMILES string of the molecule is CSCCC(NC(=O)C1CCCN1C(=O)C(N)C(C)C)C(=O)O. The second-order valence-electron chi connectivity index (χ2n) is 6.14. The number of likely N-dealkylation sites (tertiary alicyclic amines) is 1. The molecule has 4 N–H and O–H groups in total. The topological polar surface area (TPSA) is 113 Å². The third kappa shape index (κ3) is 5.39. The molecular formula is C15H27N3O4S. The van der Waals surface area contributed by atoms with Crippen LogP contribution in [0.3, 0.4) is 0 Å². The van der Waals surface area contributed by atoms with E-state index >= 15 is 0 Å². The average molecular weight is 345 g/mol. The van der Waals surface area contributed by atoms with Gasteiger partial charge >= 0.3 is 5.97 Å². The first-order chi connectivity index (χ1) is 10.8. The zero-order chi connectivity index (χ0) is 17.6. The first kappa shape index (κ1) is 19.8. The van der Waals surface area contributed by atoms with Crippen molar-refractivity contribution in [2.45, 2.75) is 51.2 Å². The first-order valence-electron chi connectivity index (χ1n) is 7.87. The van der Waals surface area contributed by atoms with Crippen molar-refractivity contribution in [3.63, 3.8) is 0 Å². The molecule has 0 aliphatic carbocycles. The van der Waals surface area contributed by atoms with Crippen LogP contribution in [0.5, 0.6) is 0 Å². The number of carboxylic acids is 1. The van der Waals surface area contributed by atoms with Crippen LogP contribution >= 0.6 is 11.8 Å². The van der Waals surface area contributed by atoms with Gasteiger partial charge in [0.1, 0.15) is 12.1 Å². The van der Waals surface area contributed by atoms with E-state index in [4.69, 9.17) is 5.73 Å². The molecule has 3 atom stereocenters. The van der Waals surface area contributed by atoms with Crippen molar-refractivity contribution >= 4 is 29.5 Å². The molecule has 7 nitrogen and oxygen atoms in total. The fraction of sp³-hybridized carbons (Fsp3) is 0.800. The number of carboxylic acid groups (broad SMARTS) is 1. The highest BCUT2D eigenvalue weighted by Gasteiger charge is 2.37. The van der Waals surface area contributed by atoms with E-state index in [1.807, 2.05) is 20.1 Å². The zero-order valence-corrected chi connectivity index (χ0v) is 14.8. The predicted molar refractivity (Wildman–Crippen MR) is 90.1 cm³/mol. The summed E-state index contributed by atoms with van der Waals surface area (Å²) >= 11 is 1.52. The summed E-state index contributed by atoms with van der Waals surface area (Å²) in [5.74, 6) is -1.07. The normalized spacial score (nSPS) is 20.4. The summed E-state index contributed by atoms with van der Waals surface area (Å²) in [7, 11) is 0. The Hall–Kier alpha value is -1.28. The van der Waals surface area contributed by atoms with E-state index in [0.29, 0.717) is 25.1 Å². The molecule has 1 aliphatic rings. The largest absolute Gasteiger partial charge is 0.480 e. The lowest BCUT2D eigenvalue weighted by Gasteiger charge is -2.28. The van der Waals surface area contributed by atoms with Crippen molar-refractivity contribution in [1.29, 1.82) is 0 Å². The number of nitrogens with one attached hydrogen (secondary N) is 1. The minimum atomic E-state index is -1.05. The third-order valence-corrected chi connectivity index (χ3v) is 4.71. The van der Waals surface area contributed by atoms with Gasteiger partial charge in [0.05, 0.1) is 6.04 Å². The number of thioether (sulfide) groups is 1. The van der Waals surface area contributed by atoms with Gasteiger partial charge in [-0.15, -0.1) is 0 Å². The minimum absolute atomic E-state index is 0.0137. The van der Waals surface area contributed by atoms with Crippen molar-refractivity contribution in [3.8, 4) is 0 Å². The maximum Gasteiger partial charge on any atom is 0.326 e. The van der Waals surface area contributed by atoms with Gasteiger partial charge in [0, 0.05) is 6.54 Å². The number of carbonyl (C=O) groups is 3. The molecule has 2 amide bonds. The van der Waals surface area contributed by atoms with Crippen LogP contribution in [0.4, 0.5) is 0 Å². The Morgan fingerprint density at radius 1 is 1.39 bits per heavy atom. The Morgan fingerprint density at radius 3 is 2.57 bits per heavy atom. The van der Waals surface area contributed by atoms with Crippen LogP contribution in [0.15, 0.2) is 0 Å². The van der Waals surface area contributed by atoms with Gasteiger partial charge in [-0.25, -0.2) is 4.79 Å². The summed E-state index contributed by atoms with van der Waals surface area (Å²) in [5.41, 5.74) is 5.90. The highest BCUT2D eigenvalue weighted by atomic mass is 32.2. The van der Waals surface area contributed by atoms with Gasteiger partial charge in [-0.05, 0) is 37.2 Å². The van der Waals surface area contributed by atoms with Gasteiger partial charge in [-0.2, -0.15) is 11.8 Å². The number of amides is 2. The van der Waals surface area contributed by atoms with Crippen molar-refractivity contribution in [1.82, 2.24) is 10.2 Å². The lowest BCUT2D eigenvalue weighted by Crippen LogP contribution is -2.54. The van der Waals surface area contributed by atoms with E-state index in [9.17, 15) is 19.5 Å². The fourth-order valence-electron chi connectivity index (χ4n) is 2.54. The number of hydrogen-bond donors (Lipinski definition) is 3. The number of nitrogens with two attached hydrogens (primary N) is 1. The smallest absolute Gasteiger partial charge is 0.326 e. The second-order valence-corrected chi connectivity index (χ2v) is 7.13. The summed E-state index contributed by atoms with van der Waals surface area (Å²) in [6.07, 6.45) is 3.49. The van der Waals surface area contributed by atoms with Crippen LogP contribution in [-0.4, -0.2) is 64.5 Å². The van der Waals surface area contributed by atoms with Crippen LogP contribution in [0.25, 0.3) is 0 Å². The molecule has 8 heteroatoms. The molecule has 0 aromatic carbocycles. The Kier molecular flexibility index (Phi) is 7.84. The Balaban J connectivity index is 2.73. The van der Waals surface area contributed by atoms with Crippen LogP contribution < -0.4 is 11.1 Å². The summed E-state index contributed by atoms with van der Waals surface area (Å²) in [5, 5.41) is 11.8. The monoisotopic (exact) mass is 345 g/mol. The highest BCUT2D eigenvalue weighted by Crippen LogP contribution is 2.20. The lowest BCUT2D eigenvalue weighted by atomic mass is 10.0. The van der Waals surface area contributed by atoms with Crippen LogP contribution in [0, 0.1) is 5.92 Å². The molecular weight excluding hydrogens is 318 g/mol. The summed E-state index contributed by atoms with van der Waals surface area (Å²) in [6.45, 7) is 4.20. The molecule has 0 radical (unpaired) electrons. The van der Waals surface area contributed by atoms with Crippen molar-refractivity contribution in [2.24, 2.45) is 11.7 Å². The molecule has 3 unspecified atom stereocenters. The van der Waals surface area contributed by atoms with Gasteiger partial charge in [-0.1, -0.05) is 13.8 Å². The molecule has 132 valence electrons. The van der Waals surface area contributed by atoms with Crippen LogP contribution in [0.2, 0.25) is 0 Å². The summed E-state index contributed by atoms with van der Waals surface area (Å²) in [4.78, 5) is 37.5. The van der Waals surface area contributed by atoms with Gasteiger partial charge in [0.25, 0.3) is 0 Å². The Labute approximate surface area is 141 Å². The maximum absolute atomic E-state index is 12.4. The highest BCUT2D eigenvalue weighted by molar-refractivity contribution is 7.98. The molecule has 0 bridgehead atoms. The van der Waals surface area contributed by atoms with Crippen molar-refractivity contribution < 1.29 is 19.5 Å². The minimum Gasteiger partial charge on any atom is -0.480 e. The molecule has 1 aliphatic heterocycles. The Bertz CT molecular complexity index is 444. The van der Waals surface area contributed by atoms with Gasteiger partial charge in [0.15, 0.2) is 0 Å². The van der Waals surface area contributed by atoms with Gasteiger partial charge in [-0.3, -0.25) is 9.59 Å². The predicted octanol–water partition coefficient (Wildman–Crippen LogP) is 0.283. The maximum atomic E-state index is 12.4. The second kappa shape index (κ2) is 9.12. The molecule has 1 rings (SSSR count). The number of aliphatic carboxylic acids is 1. The molecule has 0 aromatic rings. The number of rotatable bonds is 8. The average Bonchev–Trinajstić information content (AvgIpc) is 2.98. The number of carbonyl (C=O) groups excluding carboxylic acids is 2. The molecule has 0 aromatic heterocycles. The molecule has 1 saturated heterocycles. The third-order valence-electron chi connectivity index (χ3n) is 4.07. The van der Waals surface area contributed by atoms with Crippen molar-refractivity contribution in [2.75, 3.05) is 18.6 Å². The zero-order valence-electron chi connectivity index (χ0n) is 13.9. The van der Waals surface area contributed by atoms with Crippen LogP contribution in [-0.2, 0) is 14.4 Å². The molecule has 1 fully saturated rings. The lowest BCUT2D eigenvalue weighted by molar-refractivity contribution is -0.144. The van der Waals surface area contributed by atoms with Gasteiger partial charge < -0.3 is 21.1 Å². The molecule has 0 saturated carbocycles. The molecule has 0 spiro atoms. The van der Waals surface area contributed by atoms with Crippen LogP contribution in [0.1, 0.15) is 33.1 Å². The fourth-order valence-corrected chi connectivity index (χ4v) is 3.01.